The number of carbonyl (C=O) groups is 1. The Morgan fingerprint density at radius 1 is 1.03 bits per heavy atom. The number of aliphatic hydroxyl groups excluding tert-OH is 1. The van der Waals surface area contributed by atoms with Crippen LogP contribution in [0.25, 0.3) is 0 Å². The van der Waals surface area contributed by atoms with E-state index in [2.05, 4.69) is 33.4 Å². The first-order valence-electron chi connectivity index (χ1n) is 9.32. The standard InChI is InChI=1S/C22H18Cl2FIN2O4/c23-17-9-16(21(10-19(17)25)27-20-7-6-13(26)8-18(20)24)22(30)28-32-12-14(29)11-31-15-4-2-1-3-5-15/h1-10,14,27,29H,11-12H2,(H,28,30). The Morgan fingerprint density at radius 2 is 1.78 bits per heavy atom. The summed E-state index contributed by atoms with van der Waals surface area (Å²) in [6.45, 7) is -0.250. The third-order valence-electron chi connectivity index (χ3n) is 4.13. The van der Waals surface area contributed by atoms with Gasteiger partial charge in [0, 0.05) is 3.57 Å². The number of ether oxygens (including phenoxy) is 1. The third kappa shape index (κ3) is 6.94. The molecule has 6 nitrogen and oxygen atoms in total. The molecule has 3 aromatic rings. The van der Waals surface area contributed by atoms with Crippen LogP contribution in [0.2, 0.25) is 10.0 Å². The molecule has 0 bridgehead atoms. The van der Waals surface area contributed by atoms with Gasteiger partial charge in [-0.2, -0.15) is 0 Å². The van der Waals surface area contributed by atoms with Gasteiger partial charge in [0.1, 0.15) is 30.9 Å². The Bertz CT molecular complexity index is 1090. The van der Waals surface area contributed by atoms with E-state index in [1.165, 1.54) is 6.07 Å². The van der Waals surface area contributed by atoms with Gasteiger partial charge in [0.05, 0.1) is 27.0 Å². The topological polar surface area (TPSA) is 79.8 Å². The van der Waals surface area contributed by atoms with E-state index in [0.717, 1.165) is 9.64 Å². The van der Waals surface area contributed by atoms with E-state index in [4.69, 9.17) is 32.8 Å². The molecule has 0 aliphatic heterocycles. The maximum atomic E-state index is 14.1. The number of carbonyl (C=O) groups excluding carboxylic acids is 1. The minimum Gasteiger partial charge on any atom is -0.491 e. The Kier molecular flexibility index (Phi) is 8.94. The van der Waals surface area contributed by atoms with Gasteiger partial charge in [-0.1, -0.05) is 41.4 Å². The van der Waals surface area contributed by atoms with Crippen LogP contribution in [0.3, 0.4) is 0 Å². The number of rotatable bonds is 9. The molecule has 0 aliphatic carbocycles. The highest BCUT2D eigenvalue weighted by Gasteiger charge is 2.17. The number of hydroxylamine groups is 1. The Hall–Kier alpha value is -2.11. The van der Waals surface area contributed by atoms with Crippen molar-refractivity contribution >= 4 is 63.1 Å². The molecule has 1 amide bonds. The average Bonchev–Trinajstić information content (AvgIpc) is 2.77. The lowest BCUT2D eigenvalue weighted by molar-refractivity contribution is -0.0259. The number of amides is 1. The molecule has 0 spiro atoms. The first-order valence-corrected chi connectivity index (χ1v) is 11.2. The van der Waals surface area contributed by atoms with E-state index >= 15 is 0 Å². The Labute approximate surface area is 207 Å². The van der Waals surface area contributed by atoms with Crippen molar-refractivity contribution in [1.82, 2.24) is 5.48 Å². The van der Waals surface area contributed by atoms with Crippen molar-refractivity contribution in [2.45, 2.75) is 6.10 Å². The number of hydrogen-bond acceptors (Lipinski definition) is 5. The fourth-order valence-corrected chi connectivity index (χ4v) is 3.66. The van der Waals surface area contributed by atoms with Crippen LogP contribution in [0, 0.1) is 9.39 Å². The van der Waals surface area contributed by atoms with Gasteiger partial charge in [0.15, 0.2) is 0 Å². The fraction of sp³-hybridized carbons (Fsp3) is 0.136. The summed E-state index contributed by atoms with van der Waals surface area (Å²) in [7, 11) is 0. The Balaban J connectivity index is 1.62. The van der Waals surface area contributed by atoms with Crippen LogP contribution in [-0.2, 0) is 4.84 Å². The van der Waals surface area contributed by atoms with Crippen molar-refractivity contribution in [3.63, 3.8) is 0 Å². The molecule has 0 radical (unpaired) electrons. The molecule has 1 unspecified atom stereocenters. The summed E-state index contributed by atoms with van der Waals surface area (Å²) in [4.78, 5) is 17.7. The third-order valence-corrected chi connectivity index (χ3v) is 5.41. The number of hydrogen-bond donors (Lipinski definition) is 3. The molecule has 0 aliphatic rings. The molecular formula is C22H18Cl2FIN2O4. The largest absolute Gasteiger partial charge is 0.491 e. The predicted octanol–water partition coefficient (Wildman–Crippen LogP) is 5.58. The van der Waals surface area contributed by atoms with E-state index in [1.54, 1.807) is 36.4 Å². The second-order valence-corrected chi connectivity index (χ2v) is 8.64. The SMILES string of the molecule is O=C(NOCC(O)COc1ccccc1)c1cc(Cl)c(F)cc1Nc1ccc(I)cc1Cl. The summed E-state index contributed by atoms with van der Waals surface area (Å²) in [5, 5.41) is 13.1. The minimum atomic E-state index is -0.990. The van der Waals surface area contributed by atoms with Gasteiger partial charge in [-0.3, -0.25) is 9.63 Å². The second kappa shape index (κ2) is 11.7. The lowest BCUT2D eigenvalue weighted by Crippen LogP contribution is -2.31. The summed E-state index contributed by atoms with van der Waals surface area (Å²) in [6.07, 6.45) is -0.990. The van der Waals surface area contributed by atoms with Gasteiger partial charge in [-0.15, -0.1) is 0 Å². The van der Waals surface area contributed by atoms with Crippen molar-refractivity contribution in [2.24, 2.45) is 0 Å². The maximum absolute atomic E-state index is 14.1. The number of anilines is 2. The van der Waals surface area contributed by atoms with E-state index in [9.17, 15) is 14.3 Å². The molecule has 1 atom stereocenters. The van der Waals surface area contributed by atoms with Crippen LogP contribution in [0.1, 0.15) is 10.4 Å². The predicted molar refractivity (Wildman–Crippen MR) is 130 cm³/mol. The summed E-state index contributed by atoms with van der Waals surface area (Å²) in [5.41, 5.74) is 2.87. The van der Waals surface area contributed by atoms with Gasteiger partial charge in [-0.25, -0.2) is 9.87 Å². The highest BCUT2D eigenvalue weighted by Crippen LogP contribution is 2.31. The minimum absolute atomic E-state index is 0.0274. The van der Waals surface area contributed by atoms with Gasteiger partial charge in [-0.05, 0) is 65.1 Å². The monoisotopic (exact) mass is 590 g/mol. The van der Waals surface area contributed by atoms with E-state index < -0.39 is 17.8 Å². The number of para-hydroxylation sites is 1. The highest BCUT2D eigenvalue weighted by atomic mass is 127. The molecule has 3 rings (SSSR count). The fourth-order valence-electron chi connectivity index (χ4n) is 2.59. The van der Waals surface area contributed by atoms with Crippen molar-refractivity contribution in [3.05, 3.63) is 85.7 Å². The van der Waals surface area contributed by atoms with Gasteiger partial charge in [0.2, 0.25) is 0 Å². The van der Waals surface area contributed by atoms with Crippen molar-refractivity contribution in [3.8, 4) is 5.75 Å². The summed E-state index contributed by atoms with van der Waals surface area (Å²) >= 11 is 14.2. The molecule has 0 aromatic heterocycles. The second-order valence-electron chi connectivity index (χ2n) is 6.58. The van der Waals surface area contributed by atoms with Crippen molar-refractivity contribution < 1.29 is 23.9 Å². The molecule has 32 heavy (non-hydrogen) atoms. The van der Waals surface area contributed by atoms with Crippen molar-refractivity contribution in [1.29, 1.82) is 0 Å². The van der Waals surface area contributed by atoms with Crippen molar-refractivity contribution in [2.75, 3.05) is 18.5 Å². The van der Waals surface area contributed by atoms with E-state index in [0.29, 0.717) is 16.5 Å². The quantitative estimate of drug-likeness (QED) is 0.224. The molecule has 168 valence electrons. The lowest BCUT2D eigenvalue weighted by Gasteiger charge is -2.16. The van der Waals surface area contributed by atoms with Crippen LogP contribution in [-0.4, -0.2) is 30.3 Å². The molecule has 0 fully saturated rings. The molecule has 0 saturated carbocycles. The smallest absolute Gasteiger partial charge is 0.277 e. The molecule has 10 heteroatoms. The number of aliphatic hydroxyl groups is 1. The normalized spacial score (nSPS) is 11.7. The van der Waals surface area contributed by atoms with Gasteiger partial charge in [0.25, 0.3) is 5.91 Å². The zero-order valence-corrected chi connectivity index (χ0v) is 20.1. The van der Waals surface area contributed by atoms with Crippen LogP contribution in [0.15, 0.2) is 60.7 Å². The van der Waals surface area contributed by atoms with Gasteiger partial charge < -0.3 is 15.2 Å². The van der Waals surface area contributed by atoms with E-state index in [-0.39, 0.29) is 29.5 Å². The van der Waals surface area contributed by atoms with Gasteiger partial charge >= 0.3 is 0 Å². The average molecular weight is 591 g/mol. The first-order chi connectivity index (χ1) is 15.3. The van der Waals surface area contributed by atoms with E-state index in [1.807, 2.05) is 12.1 Å². The molecule has 0 saturated heterocycles. The zero-order valence-electron chi connectivity index (χ0n) is 16.4. The van der Waals surface area contributed by atoms with Crippen LogP contribution in [0.4, 0.5) is 15.8 Å². The van der Waals surface area contributed by atoms with Crippen LogP contribution < -0.4 is 15.5 Å². The summed E-state index contributed by atoms with van der Waals surface area (Å²) in [5.74, 6) is -0.796. The van der Waals surface area contributed by atoms with Crippen LogP contribution in [0.5, 0.6) is 5.75 Å². The summed E-state index contributed by atoms with van der Waals surface area (Å²) < 4.78 is 20.4. The lowest BCUT2D eigenvalue weighted by atomic mass is 10.1. The first kappa shape index (κ1) is 24.5. The van der Waals surface area contributed by atoms with Crippen LogP contribution >= 0.6 is 45.8 Å². The molecule has 3 aromatic carbocycles. The zero-order chi connectivity index (χ0) is 23.1. The molecule has 3 N–H and O–H groups in total. The number of nitrogens with one attached hydrogen (secondary N) is 2. The molecule has 0 heterocycles. The summed E-state index contributed by atoms with van der Waals surface area (Å²) in [6, 6.07) is 16.5. The number of benzene rings is 3. The highest BCUT2D eigenvalue weighted by molar-refractivity contribution is 14.1. The number of halogens is 4. The Morgan fingerprint density at radius 3 is 2.50 bits per heavy atom. The molecular weight excluding hydrogens is 573 g/mol. The maximum Gasteiger partial charge on any atom is 0.277 e.